The van der Waals surface area contributed by atoms with Crippen molar-refractivity contribution in [2.24, 2.45) is 0 Å². The van der Waals surface area contributed by atoms with Gasteiger partial charge in [0.1, 0.15) is 5.78 Å². The first-order chi connectivity index (χ1) is 18.8. The number of carbonyl (C=O) groups excluding carboxylic acids is 4. The summed E-state index contributed by atoms with van der Waals surface area (Å²) in [4.78, 5) is 59.4. The lowest BCUT2D eigenvalue weighted by Gasteiger charge is -2.18. The van der Waals surface area contributed by atoms with Gasteiger partial charge in [0.05, 0.1) is 12.5 Å². The van der Waals surface area contributed by atoms with Crippen molar-refractivity contribution in [3.8, 4) is 0 Å². The van der Waals surface area contributed by atoms with Crippen molar-refractivity contribution in [3.63, 3.8) is 0 Å². The summed E-state index contributed by atoms with van der Waals surface area (Å²) in [5.74, 6) is -1.19. The van der Waals surface area contributed by atoms with Gasteiger partial charge in [0.2, 0.25) is 11.8 Å². The van der Waals surface area contributed by atoms with Gasteiger partial charge in [0.25, 0.3) is 0 Å². The second-order valence-corrected chi connectivity index (χ2v) is 10.2. The molecule has 0 aromatic rings. The molecule has 0 unspecified atom stereocenters. The Bertz CT molecular complexity index is 697. The van der Waals surface area contributed by atoms with Crippen molar-refractivity contribution < 1.29 is 33.8 Å². The van der Waals surface area contributed by atoms with Gasteiger partial charge < -0.3 is 20.5 Å². The van der Waals surface area contributed by atoms with Gasteiger partial charge in [-0.2, -0.15) is 0 Å². The largest absolute Gasteiger partial charge is 0.481 e. The minimum absolute atomic E-state index is 0.00546. The van der Waals surface area contributed by atoms with E-state index < -0.39 is 17.9 Å². The van der Waals surface area contributed by atoms with E-state index in [1.165, 1.54) is 12.8 Å². The Labute approximate surface area is 235 Å². The Kier molecular flexibility index (Phi) is 24.4. The van der Waals surface area contributed by atoms with Crippen LogP contribution in [0.1, 0.15) is 136 Å². The highest BCUT2D eigenvalue weighted by molar-refractivity contribution is 5.89. The second kappa shape index (κ2) is 26.0. The summed E-state index contributed by atoms with van der Waals surface area (Å²) in [5, 5.41) is 14.4. The third kappa shape index (κ3) is 24.5. The molecule has 0 radical (unpaired) electrons. The molecule has 0 saturated heterocycles. The Morgan fingerprint density at radius 3 is 1.95 bits per heavy atom. The molecule has 0 heterocycles. The molecule has 0 aromatic heterocycles. The highest BCUT2D eigenvalue weighted by Gasteiger charge is 2.20. The summed E-state index contributed by atoms with van der Waals surface area (Å²) >= 11 is 0. The maximum Gasteiger partial charge on any atom is 0.303 e. The first-order valence-corrected chi connectivity index (χ1v) is 15.2. The molecule has 0 spiro atoms. The predicted molar refractivity (Wildman–Crippen MR) is 152 cm³/mol. The van der Waals surface area contributed by atoms with Crippen molar-refractivity contribution in [3.05, 3.63) is 0 Å². The molecule has 2 amide bonds. The number of carbonyl (C=O) groups is 5. The molecule has 0 aromatic carbocycles. The Hall–Kier alpha value is -2.29. The van der Waals surface area contributed by atoms with E-state index in [0.29, 0.717) is 76.9 Å². The topological polar surface area (TPSA) is 139 Å². The van der Waals surface area contributed by atoms with Gasteiger partial charge in [0.15, 0.2) is 5.78 Å². The van der Waals surface area contributed by atoms with Crippen LogP contribution in [-0.2, 0) is 28.7 Å². The molecule has 0 aliphatic carbocycles. The summed E-state index contributed by atoms with van der Waals surface area (Å²) in [6, 6.07) is -0.641. The van der Waals surface area contributed by atoms with E-state index in [0.717, 1.165) is 44.9 Å². The number of rotatable bonds is 28. The number of nitrogens with one attached hydrogen (secondary N) is 2. The molecule has 3 N–H and O–H groups in total. The summed E-state index contributed by atoms with van der Waals surface area (Å²) in [5.41, 5.74) is 0. The molecule has 0 bridgehead atoms. The maximum absolute atomic E-state index is 12.7. The van der Waals surface area contributed by atoms with Crippen LogP contribution in [0, 0.1) is 0 Å². The van der Waals surface area contributed by atoms with Crippen LogP contribution in [0.2, 0.25) is 0 Å². The van der Waals surface area contributed by atoms with Crippen molar-refractivity contribution in [1.82, 2.24) is 10.6 Å². The van der Waals surface area contributed by atoms with Crippen LogP contribution in [-0.4, -0.2) is 60.3 Å². The summed E-state index contributed by atoms with van der Waals surface area (Å²) in [6.45, 7) is 5.81. The zero-order valence-electron chi connectivity index (χ0n) is 24.5. The van der Waals surface area contributed by atoms with Crippen LogP contribution in [0.5, 0.6) is 0 Å². The SMILES string of the molecule is CCCCCCC(=O)CCCCCCC(=O)NCCCC[C@H](NC(=O)CCC(=O)O)C(=O)CCCCOCC. The number of carboxylic acids is 1. The number of unbranched alkanes of at least 4 members (excludes halogenated alkanes) is 8. The van der Waals surface area contributed by atoms with Gasteiger partial charge in [-0.25, -0.2) is 0 Å². The summed E-state index contributed by atoms with van der Waals surface area (Å²) in [6.07, 6.45) is 13.1. The van der Waals surface area contributed by atoms with Crippen LogP contribution >= 0.6 is 0 Å². The molecular weight excluding hydrogens is 500 g/mol. The number of ketones is 2. The number of hydrogen-bond donors (Lipinski definition) is 3. The van der Waals surface area contributed by atoms with Gasteiger partial charge in [0, 0.05) is 51.9 Å². The third-order valence-electron chi connectivity index (χ3n) is 6.62. The predicted octanol–water partition coefficient (Wildman–Crippen LogP) is 5.28. The van der Waals surface area contributed by atoms with E-state index in [1.54, 1.807) is 0 Å². The van der Waals surface area contributed by atoms with E-state index in [-0.39, 0.29) is 24.5 Å². The zero-order chi connectivity index (χ0) is 29.1. The standard InChI is InChI=1S/C30H54N2O7/c1-3-5-6-9-16-25(33)17-10-7-8-11-20-28(35)31-23-14-12-18-26(32-29(36)21-22-30(37)38)27(34)19-13-15-24-39-4-2/h26H,3-24H2,1-2H3,(H,31,35)(H,32,36)(H,37,38)/t26-/m0/s1. The van der Waals surface area contributed by atoms with E-state index in [9.17, 15) is 24.0 Å². The molecule has 39 heavy (non-hydrogen) atoms. The average Bonchev–Trinajstić information content (AvgIpc) is 2.90. The van der Waals surface area contributed by atoms with E-state index in [1.807, 2.05) is 6.92 Å². The fourth-order valence-corrected chi connectivity index (χ4v) is 4.25. The second-order valence-electron chi connectivity index (χ2n) is 10.2. The van der Waals surface area contributed by atoms with Gasteiger partial charge >= 0.3 is 5.97 Å². The molecular formula is C30H54N2O7. The normalized spacial score (nSPS) is 11.6. The first-order valence-electron chi connectivity index (χ1n) is 15.2. The monoisotopic (exact) mass is 554 g/mol. The van der Waals surface area contributed by atoms with Gasteiger partial charge in [-0.15, -0.1) is 0 Å². The van der Waals surface area contributed by atoms with Gasteiger partial charge in [-0.05, 0) is 58.3 Å². The molecule has 226 valence electrons. The van der Waals surface area contributed by atoms with Crippen LogP contribution < -0.4 is 10.6 Å². The Morgan fingerprint density at radius 1 is 0.667 bits per heavy atom. The van der Waals surface area contributed by atoms with Crippen molar-refractivity contribution >= 4 is 29.4 Å². The zero-order valence-corrected chi connectivity index (χ0v) is 24.5. The first kappa shape index (κ1) is 36.7. The molecule has 0 fully saturated rings. The van der Waals surface area contributed by atoms with Gasteiger partial charge in [-0.1, -0.05) is 39.0 Å². The van der Waals surface area contributed by atoms with Crippen LogP contribution in [0.25, 0.3) is 0 Å². The number of aliphatic carboxylic acids is 1. The van der Waals surface area contributed by atoms with Crippen molar-refractivity contribution in [1.29, 1.82) is 0 Å². The van der Waals surface area contributed by atoms with Gasteiger partial charge in [-0.3, -0.25) is 24.0 Å². The van der Waals surface area contributed by atoms with Crippen LogP contribution in [0.4, 0.5) is 0 Å². The minimum Gasteiger partial charge on any atom is -0.481 e. The lowest BCUT2D eigenvalue weighted by Crippen LogP contribution is -2.41. The Morgan fingerprint density at radius 2 is 1.31 bits per heavy atom. The quantitative estimate of drug-likeness (QED) is 0.112. The average molecular weight is 555 g/mol. The summed E-state index contributed by atoms with van der Waals surface area (Å²) in [7, 11) is 0. The van der Waals surface area contributed by atoms with E-state index in [4.69, 9.17) is 9.84 Å². The number of carboxylic acid groups (broad SMARTS) is 1. The fourth-order valence-electron chi connectivity index (χ4n) is 4.25. The highest BCUT2D eigenvalue weighted by atomic mass is 16.5. The molecule has 0 aliphatic heterocycles. The molecule has 9 nitrogen and oxygen atoms in total. The minimum atomic E-state index is -1.05. The summed E-state index contributed by atoms with van der Waals surface area (Å²) < 4.78 is 5.29. The number of amides is 2. The lowest BCUT2D eigenvalue weighted by atomic mass is 10.0. The van der Waals surface area contributed by atoms with Crippen LogP contribution in [0.3, 0.4) is 0 Å². The molecule has 0 aliphatic rings. The highest BCUT2D eigenvalue weighted by Crippen LogP contribution is 2.11. The lowest BCUT2D eigenvalue weighted by molar-refractivity contribution is -0.139. The molecule has 0 rings (SSSR count). The number of Topliss-reactive ketones (excluding diaryl/α,β-unsaturated/α-hetero) is 2. The van der Waals surface area contributed by atoms with Crippen molar-refractivity contribution in [2.45, 2.75) is 142 Å². The fraction of sp³-hybridized carbons (Fsp3) is 0.833. The number of hydrogen-bond acceptors (Lipinski definition) is 6. The molecule has 9 heteroatoms. The Balaban J connectivity index is 4.09. The third-order valence-corrected chi connectivity index (χ3v) is 6.62. The van der Waals surface area contributed by atoms with E-state index >= 15 is 0 Å². The van der Waals surface area contributed by atoms with Crippen molar-refractivity contribution in [2.75, 3.05) is 19.8 Å². The maximum atomic E-state index is 12.7. The van der Waals surface area contributed by atoms with Crippen LogP contribution in [0.15, 0.2) is 0 Å². The molecule has 1 atom stereocenters. The molecule has 0 saturated carbocycles. The smallest absolute Gasteiger partial charge is 0.303 e. The van der Waals surface area contributed by atoms with E-state index in [2.05, 4.69) is 17.6 Å². The number of ether oxygens (including phenoxy) is 1.